The van der Waals surface area contributed by atoms with E-state index < -0.39 is 34.5 Å². The van der Waals surface area contributed by atoms with Crippen LogP contribution < -0.4 is 0 Å². The van der Waals surface area contributed by atoms with E-state index in [4.69, 9.17) is 4.74 Å². The number of rotatable bonds is 4. The third-order valence-electron chi connectivity index (χ3n) is 5.27. The lowest BCUT2D eigenvalue weighted by molar-refractivity contribution is -0.187. The fraction of sp³-hybridized carbons (Fsp3) is 0.318. The molecular formula is C22H20BrFO4. The molecule has 2 aromatic carbocycles. The van der Waals surface area contributed by atoms with Crippen LogP contribution in [0.1, 0.15) is 49.2 Å². The van der Waals surface area contributed by atoms with Crippen LogP contribution in [0.25, 0.3) is 0 Å². The summed E-state index contributed by atoms with van der Waals surface area (Å²) in [7, 11) is 0. The fourth-order valence-electron chi connectivity index (χ4n) is 3.64. The summed E-state index contributed by atoms with van der Waals surface area (Å²) in [5, 5.41) is 0. The standard InChI is InChI=1S/C22H20BrFO4/c1-21(2)18(14-4-8-15(23)9-5-14)28-20(27)22(3,19(21)26)12-17(25)13-6-10-16(24)11-7-13/h4-11,18H,12H2,1-3H3/t18-,22+/m1/s1. The van der Waals surface area contributed by atoms with Gasteiger partial charge in [-0.1, -0.05) is 28.1 Å². The average molecular weight is 447 g/mol. The number of cyclic esters (lactones) is 1. The number of carbonyl (C=O) groups excluding carboxylic acids is 3. The van der Waals surface area contributed by atoms with E-state index in [9.17, 15) is 18.8 Å². The van der Waals surface area contributed by atoms with Crippen LogP contribution in [0.2, 0.25) is 0 Å². The first-order valence-corrected chi connectivity index (χ1v) is 9.65. The van der Waals surface area contributed by atoms with Crippen molar-refractivity contribution in [3.05, 3.63) is 69.9 Å². The zero-order valence-electron chi connectivity index (χ0n) is 15.8. The first-order chi connectivity index (χ1) is 13.1. The van der Waals surface area contributed by atoms with Gasteiger partial charge in [0.05, 0.1) is 5.41 Å². The zero-order chi connectivity index (χ0) is 20.7. The van der Waals surface area contributed by atoms with Gasteiger partial charge < -0.3 is 4.74 Å². The Balaban J connectivity index is 1.90. The maximum Gasteiger partial charge on any atom is 0.320 e. The van der Waals surface area contributed by atoms with Crippen molar-refractivity contribution in [1.82, 2.24) is 0 Å². The Morgan fingerprint density at radius 1 is 1.04 bits per heavy atom. The first-order valence-electron chi connectivity index (χ1n) is 8.86. The summed E-state index contributed by atoms with van der Waals surface area (Å²) in [6.07, 6.45) is -1.07. The van der Waals surface area contributed by atoms with Gasteiger partial charge in [-0.05, 0) is 62.7 Å². The van der Waals surface area contributed by atoms with Gasteiger partial charge in [-0.15, -0.1) is 0 Å². The van der Waals surface area contributed by atoms with Crippen molar-refractivity contribution in [2.45, 2.75) is 33.3 Å². The molecule has 0 bridgehead atoms. The summed E-state index contributed by atoms with van der Waals surface area (Å²) in [5.41, 5.74) is -1.65. The van der Waals surface area contributed by atoms with E-state index in [2.05, 4.69) is 15.9 Å². The summed E-state index contributed by atoms with van der Waals surface area (Å²) in [4.78, 5) is 38.8. The minimum atomic E-state index is -1.60. The Hall–Kier alpha value is -2.34. The maximum atomic E-state index is 13.3. The smallest absolute Gasteiger partial charge is 0.320 e. The topological polar surface area (TPSA) is 60.4 Å². The van der Waals surface area contributed by atoms with Gasteiger partial charge in [0.1, 0.15) is 17.3 Å². The van der Waals surface area contributed by atoms with Crippen LogP contribution in [-0.2, 0) is 14.3 Å². The number of benzene rings is 2. The molecule has 1 saturated heterocycles. The highest BCUT2D eigenvalue weighted by Gasteiger charge is 2.58. The molecular weight excluding hydrogens is 427 g/mol. The van der Waals surface area contributed by atoms with Gasteiger partial charge in [0, 0.05) is 16.5 Å². The molecule has 6 heteroatoms. The normalized spacial score (nSPS) is 24.0. The van der Waals surface area contributed by atoms with Crippen molar-refractivity contribution in [1.29, 1.82) is 0 Å². The van der Waals surface area contributed by atoms with Crippen LogP contribution in [0.4, 0.5) is 4.39 Å². The maximum absolute atomic E-state index is 13.3. The molecule has 4 nitrogen and oxygen atoms in total. The zero-order valence-corrected chi connectivity index (χ0v) is 17.4. The number of Topliss-reactive ketones (excluding diaryl/α,β-unsaturated/α-hetero) is 2. The predicted molar refractivity (Wildman–Crippen MR) is 105 cm³/mol. The van der Waals surface area contributed by atoms with Gasteiger partial charge in [-0.2, -0.15) is 0 Å². The predicted octanol–water partition coefficient (Wildman–Crippen LogP) is 5.06. The Morgan fingerprint density at radius 2 is 1.61 bits per heavy atom. The third kappa shape index (κ3) is 3.53. The van der Waals surface area contributed by atoms with Crippen molar-refractivity contribution >= 4 is 33.5 Å². The van der Waals surface area contributed by atoms with Crippen LogP contribution in [0.5, 0.6) is 0 Å². The molecule has 3 rings (SSSR count). The molecule has 28 heavy (non-hydrogen) atoms. The van der Waals surface area contributed by atoms with Crippen LogP contribution >= 0.6 is 15.9 Å². The molecule has 0 aliphatic carbocycles. The van der Waals surface area contributed by atoms with E-state index in [0.29, 0.717) is 5.56 Å². The molecule has 146 valence electrons. The second-order valence-corrected chi connectivity index (χ2v) is 8.74. The molecule has 0 radical (unpaired) electrons. The fourth-order valence-corrected chi connectivity index (χ4v) is 3.91. The Bertz CT molecular complexity index is 934. The van der Waals surface area contributed by atoms with Gasteiger partial charge >= 0.3 is 5.97 Å². The first kappa shape index (κ1) is 20.4. The molecule has 1 heterocycles. The summed E-state index contributed by atoms with van der Waals surface area (Å²) in [6.45, 7) is 4.88. The number of halogens is 2. The number of ketones is 2. The van der Waals surface area contributed by atoms with E-state index in [1.165, 1.54) is 31.2 Å². The summed E-state index contributed by atoms with van der Waals surface area (Å²) in [5.74, 6) is -1.94. The van der Waals surface area contributed by atoms with Crippen LogP contribution in [0, 0.1) is 16.6 Å². The lowest BCUT2D eigenvalue weighted by Crippen LogP contribution is -2.54. The van der Waals surface area contributed by atoms with E-state index in [1.807, 2.05) is 12.1 Å². The molecule has 0 spiro atoms. The van der Waals surface area contributed by atoms with E-state index in [1.54, 1.807) is 26.0 Å². The molecule has 1 aliphatic heterocycles. The SMILES string of the molecule is CC1(C)C(=O)[C@](C)(CC(=O)c2ccc(F)cc2)C(=O)O[C@@H]1c1ccc(Br)cc1. The molecule has 2 aromatic rings. The molecule has 0 saturated carbocycles. The van der Waals surface area contributed by atoms with E-state index in [0.717, 1.165) is 4.47 Å². The monoisotopic (exact) mass is 446 g/mol. The second kappa shape index (κ2) is 7.24. The average Bonchev–Trinajstić information content (AvgIpc) is 2.65. The molecule has 1 aliphatic rings. The van der Waals surface area contributed by atoms with E-state index >= 15 is 0 Å². The van der Waals surface area contributed by atoms with Crippen LogP contribution in [-0.4, -0.2) is 17.5 Å². The minimum Gasteiger partial charge on any atom is -0.456 e. The van der Waals surface area contributed by atoms with Gasteiger partial charge in [-0.25, -0.2) is 4.39 Å². The van der Waals surface area contributed by atoms with Crippen molar-refractivity contribution in [3.8, 4) is 0 Å². The van der Waals surface area contributed by atoms with Crippen LogP contribution in [0.15, 0.2) is 53.0 Å². The number of carbonyl (C=O) groups is 3. The number of hydrogen-bond acceptors (Lipinski definition) is 4. The van der Waals surface area contributed by atoms with Gasteiger partial charge in [0.25, 0.3) is 0 Å². The summed E-state index contributed by atoms with van der Waals surface area (Å²) in [6, 6.07) is 12.2. The molecule has 0 aromatic heterocycles. The molecule has 0 unspecified atom stereocenters. The van der Waals surface area contributed by atoms with Gasteiger partial charge in [-0.3, -0.25) is 14.4 Å². The molecule has 2 atom stereocenters. The number of ether oxygens (including phenoxy) is 1. The Kier molecular flexibility index (Phi) is 5.28. The summed E-state index contributed by atoms with van der Waals surface area (Å²) < 4.78 is 19.7. The number of esters is 1. The van der Waals surface area contributed by atoms with Crippen molar-refractivity contribution < 1.29 is 23.5 Å². The van der Waals surface area contributed by atoms with Gasteiger partial charge in [0.2, 0.25) is 0 Å². The highest BCUT2D eigenvalue weighted by molar-refractivity contribution is 9.10. The Morgan fingerprint density at radius 3 is 2.18 bits per heavy atom. The highest BCUT2D eigenvalue weighted by atomic mass is 79.9. The van der Waals surface area contributed by atoms with E-state index in [-0.39, 0.29) is 17.8 Å². The van der Waals surface area contributed by atoms with Crippen LogP contribution in [0.3, 0.4) is 0 Å². The largest absolute Gasteiger partial charge is 0.456 e. The van der Waals surface area contributed by atoms with Crippen molar-refractivity contribution in [2.24, 2.45) is 10.8 Å². The summed E-state index contributed by atoms with van der Waals surface area (Å²) >= 11 is 3.36. The number of hydrogen-bond donors (Lipinski definition) is 0. The molecule has 0 amide bonds. The lowest BCUT2D eigenvalue weighted by atomic mass is 9.64. The minimum absolute atomic E-state index is 0.246. The molecule has 1 fully saturated rings. The Labute approximate surface area is 171 Å². The third-order valence-corrected chi connectivity index (χ3v) is 5.80. The van der Waals surface area contributed by atoms with Crippen molar-refractivity contribution in [2.75, 3.05) is 0 Å². The lowest BCUT2D eigenvalue weighted by Gasteiger charge is -2.44. The second-order valence-electron chi connectivity index (χ2n) is 7.83. The highest BCUT2D eigenvalue weighted by Crippen LogP contribution is 2.49. The quantitative estimate of drug-likeness (QED) is 0.374. The molecule has 0 N–H and O–H groups in total. The van der Waals surface area contributed by atoms with Gasteiger partial charge in [0.15, 0.2) is 11.6 Å². The van der Waals surface area contributed by atoms with Crippen molar-refractivity contribution in [3.63, 3.8) is 0 Å².